The van der Waals surface area contributed by atoms with Gasteiger partial charge < -0.3 is 5.32 Å². The van der Waals surface area contributed by atoms with E-state index < -0.39 is 10.8 Å². The maximum absolute atomic E-state index is 12.8. The number of anilines is 1. The molecule has 0 aliphatic heterocycles. The monoisotopic (exact) mass is 412 g/mol. The van der Waals surface area contributed by atoms with Gasteiger partial charge in [-0.15, -0.1) is 0 Å². The van der Waals surface area contributed by atoms with Gasteiger partial charge in [-0.3, -0.25) is 24.4 Å². The summed E-state index contributed by atoms with van der Waals surface area (Å²) < 4.78 is 1.33. The van der Waals surface area contributed by atoms with E-state index in [2.05, 4.69) is 10.4 Å². The van der Waals surface area contributed by atoms with Crippen LogP contribution in [-0.4, -0.2) is 26.4 Å². The van der Waals surface area contributed by atoms with Crippen molar-refractivity contribution < 1.29 is 14.5 Å². The van der Waals surface area contributed by atoms with E-state index in [0.29, 0.717) is 16.3 Å². The maximum Gasteiger partial charge on any atom is 0.306 e. The molecule has 0 saturated carbocycles. The number of halogens is 1. The molecule has 0 bridgehead atoms. The Morgan fingerprint density at radius 2 is 1.97 bits per heavy atom. The van der Waals surface area contributed by atoms with E-state index in [9.17, 15) is 19.7 Å². The molecule has 0 saturated heterocycles. The third-order valence-corrected chi connectivity index (χ3v) is 4.49. The van der Waals surface area contributed by atoms with Crippen LogP contribution < -0.4 is 5.32 Å². The Balaban J connectivity index is 1.77. The second-order valence-corrected chi connectivity index (χ2v) is 6.89. The molecular weight excluding hydrogens is 396 g/mol. The fraction of sp³-hybridized carbons (Fsp3) is 0.150. The molecule has 0 radical (unpaired) electrons. The Kier molecular flexibility index (Phi) is 6.04. The molecule has 1 N–H and O–H groups in total. The molecular formula is C20H17ClN4O4. The van der Waals surface area contributed by atoms with Gasteiger partial charge in [0.15, 0.2) is 5.78 Å². The summed E-state index contributed by atoms with van der Waals surface area (Å²) in [4.78, 5) is 35.7. The first kappa shape index (κ1) is 20.2. The van der Waals surface area contributed by atoms with E-state index in [1.54, 1.807) is 49.4 Å². The summed E-state index contributed by atoms with van der Waals surface area (Å²) >= 11 is 6.05. The van der Waals surface area contributed by atoms with E-state index in [1.165, 1.54) is 16.9 Å². The molecule has 1 heterocycles. The molecule has 1 aromatic heterocycles. The maximum atomic E-state index is 12.8. The Labute approximate surface area is 171 Å². The van der Waals surface area contributed by atoms with Crippen molar-refractivity contribution >= 4 is 34.7 Å². The number of nitrogens with zero attached hydrogens (tertiary/aromatic N) is 3. The minimum absolute atomic E-state index is 0.147. The van der Waals surface area contributed by atoms with Gasteiger partial charge in [0.2, 0.25) is 5.91 Å². The van der Waals surface area contributed by atoms with Crippen LogP contribution in [0.2, 0.25) is 5.02 Å². The van der Waals surface area contributed by atoms with Gasteiger partial charge in [0.25, 0.3) is 0 Å². The normalized spacial score (nSPS) is 11.7. The van der Waals surface area contributed by atoms with Gasteiger partial charge in [-0.2, -0.15) is 5.10 Å². The van der Waals surface area contributed by atoms with E-state index in [0.717, 1.165) is 6.20 Å². The van der Waals surface area contributed by atoms with Crippen molar-refractivity contribution in [1.82, 2.24) is 9.78 Å². The minimum Gasteiger partial charge on any atom is -0.325 e. The van der Waals surface area contributed by atoms with Crippen LogP contribution in [-0.2, 0) is 11.3 Å². The van der Waals surface area contributed by atoms with Crippen LogP contribution in [0.15, 0.2) is 60.9 Å². The molecule has 148 valence electrons. The van der Waals surface area contributed by atoms with Crippen molar-refractivity contribution in [3.05, 3.63) is 87.2 Å². The zero-order valence-corrected chi connectivity index (χ0v) is 16.2. The molecule has 0 aliphatic carbocycles. The van der Waals surface area contributed by atoms with Crippen LogP contribution in [0.4, 0.5) is 11.4 Å². The zero-order valence-electron chi connectivity index (χ0n) is 15.4. The van der Waals surface area contributed by atoms with E-state index in [1.807, 2.05) is 0 Å². The SMILES string of the molecule is CC(Cn1cc([N+](=O)[O-])cn1)C(=O)Nc1ccc(Cl)cc1C(=O)c1ccccc1. The van der Waals surface area contributed by atoms with E-state index in [4.69, 9.17) is 11.6 Å². The lowest BCUT2D eigenvalue weighted by Gasteiger charge is -2.15. The van der Waals surface area contributed by atoms with Gasteiger partial charge >= 0.3 is 5.69 Å². The molecule has 0 fully saturated rings. The summed E-state index contributed by atoms with van der Waals surface area (Å²) in [6, 6.07) is 13.3. The number of hydrogen-bond donors (Lipinski definition) is 1. The third-order valence-electron chi connectivity index (χ3n) is 4.26. The van der Waals surface area contributed by atoms with Crippen LogP contribution in [0.1, 0.15) is 22.8 Å². The molecule has 9 heteroatoms. The quantitative estimate of drug-likeness (QED) is 0.359. The first-order chi connectivity index (χ1) is 13.8. The highest BCUT2D eigenvalue weighted by Crippen LogP contribution is 2.24. The Bertz CT molecular complexity index is 1070. The van der Waals surface area contributed by atoms with Crippen LogP contribution in [0.25, 0.3) is 0 Å². The number of rotatable bonds is 7. The highest BCUT2D eigenvalue weighted by atomic mass is 35.5. The summed E-state index contributed by atoms with van der Waals surface area (Å²) in [6.45, 7) is 1.81. The first-order valence-electron chi connectivity index (χ1n) is 8.72. The van der Waals surface area contributed by atoms with Gasteiger partial charge in [-0.1, -0.05) is 48.9 Å². The van der Waals surface area contributed by atoms with Crippen molar-refractivity contribution in [2.45, 2.75) is 13.5 Å². The van der Waals surface area contributed by atoms with Crippen molar-refractivity contribution in [2.24, 2.45) is 5.92 Å². The van der Waals surface area contributed by atoms with Gasteiger partial charge in [0.05, 0.1) is 23.1 Å². The van der Waals surface area contributed by atoms with Crippen LogP contribution >= 0.6 is 11.6 Å². The summed E-state index contributed by atoms with van der Waals surface area (Å²) in [5.41, 5.74) is 0.943. The van der Waals surface area contributed by atoms with E-state index >= 15 is 0 Å². The Morgan fingerprint density at radius 1 is 1.24 bits per heavy atom. The Morgan fingerprint density at radius 3 is 2.62 bits per heavy atom. The molecule has 0 spiro atoms. The average Bonchev–Trinajstić information content (AvgIpc) is 3.18. The predicted molar refractivity (Wildman–Crippen MR) is 108 cm³/mol. The number of nitrogens with one attached hydrogen (secondary N) is 1. The van der Waals surface area contributed by atoms with Gasteiger partial charge in [-0.05, 0) is 18.2 Å². The lowest BCUT2D eigenvalue weighted by Crippen LogP contribution is -2.25. The molecule has 1 amide bonds. The van der Waals surface area contributed by atoms with Crippen LogP contribution in [0.5, 0.6) is 0 Å². The van der Waals surface area contributed by atoms with E-state index in [-0.39, 0.29) is 29.5 Å². The number of benzene rings is 2. The van der Waals surface area contributed by atoms with Gasteiger partial charge in [0.1, 0.15) is 12.4 Å². The number of ketones is 1. The highest BCUT2D eigenvalue weighted by Gasteiger charge is 2.20. The average molecular weight is 413 g/mol. The summed E-state index contributed by atoms with van der Waals surface area (Å²) in [7, 11) is 0. The summed E-state index contributed by atoms with van der Waals surface area (Å²) in [5.74, 6) is -1.17. The molecule has 2 aromatic carbocycles. The standard InChI is InChI=1S/C20H17ClN4O4/c1-13(11-24-12-16(10-22-24)25(28)29)20(27)23-18-8-7-15(21)9-17(18)19(26)14-5-3-2-4-6-14/h2-10,12-13H,11H2,1H3,(H,23,27). The number of nitro groups is 1. The molecule has 1 unspecified atom stereocenters. The number of aromatic nitrogens is 2. The van der Waals surface area contributed by atoms with Gasteiger partial charge in [0, 0.05) is 16.1 Å². The fourth-order valence-corrected chi connectivity index (χ4v) is 2.90. The molecule has 3 aromatic rings. The molecule has 29 heavy (non-hydrogen) atoms. The molecule has 8 nitrogen and oxygen atoms in total. The van der Waals surface area contributed by atoms with Crippen LogP contribution in [0, 0.1) is 16.0 Å². The smallest absolute Gasteiger partial charge is 0.306 e. The van der Waals surface area contributed by atoms with Gasteiger partial charge in [-0.25, -0.2) is 0 Å². The largest absolute Gasteiger partial charge is 0.325 e. The van der Waals surface area contributed by atoms with Crippen molar-refractivity contribution in [2.75, 3.05) is 5.32 Å². The second-order valence-electron chi connectivity index (χ2n) is 6.45. The van der Waals surface area contributed by atoms with Crippen molar-refractivity contribution in [3.63, 3.8) is 0 Å². The third kappa shape index (κ3) is 4.85. The topological polar surface area (TPSA) is 107 Å². The highest BCUT2D eigenvalue weighted by molar-refractivity contribution is 6.31. The predicted octanol–water partition coefficient (Wildman–Crippen LogP) is 3.95. The molecule has 3 rings (SSSR count). The summed E-state index contributed by atoms with van der Waals surface area (Å²) in [6.07, 6.45) is 2.39. The van der Waals surface area contributed by atoms with Crippen LogP contribution in [0.3, 0.4) is 0 Å². The minimum atomic E-state index is -0.552. The van der Waals surface area contributed by atoms with Crippen molar-refractivity contribution in [1.29, 1.82) is 0 Å². The second kappa shape index (κ2) is 8.66. The number of hydrogen-bond acceptors (Lipinski definition) is 5. The fourth-order valence-electron chi connectivity index (χ4n) is 2.72. The molecule has 0 aliphatic rings. The van der Waals surface area contributed by atoms with Crippen molar-refractivity contribution in [3.8, 4) is 0 Å². The first-order valence-corrected chi connectivity index (χ1v) is 9.10. The summed E-state index contributed by atoms with van der Waals surface area (Å²) in [5, 5.41) is 17.8. The number of carbonyl (C=O) groups is 2. The lowest BCUT2D eigenvalue weighted by molar-refractivity contribution is -0.385. The zero-order chi connectivity index (χ0) is 21.0. The lowest BCUT2D eigenvalue weighted by atomic mass is 10.0. The molecule has 1 atom stereocenters. The number of carbonyl (C=O) groups excluding carboxylic acids is 2. The Hall–Kier alpha value is -3.52. The number of amides is 1.